The lowest BCUT2D eigenvalue weighted by Crippen LogP contribution is -2.56. The van der Waals surface area contributed by atoms with Crippen LogP contribution in [0.15, 0.2) is 17.5 Å². The topological polar surface area (TPSA) is 75.7 Å². The molecule has 0 spiro atoms. The summed E-state index contributed by atoms with van der Waals surface area (Å²) in [6.07, 6.45) is 2.41. The maximum absolute atomic E-state index is 13.1. The van der Waals surface area contributed by atoms with Gasteiger partial charge in [-0.15, -0.1) is 11.3 Å². The number of nitrogens with one attached hydrogen (secondary N) is 1. The summed E-state index contributed by atoms with van der Waals surface area (Å²) in [5.74, 6) is -1.46. The average Bonchev–Trinajstić information content (AvgIpc) is 3.31. The van der Waals surface area contributed by atoms with Gasteiger partial charge < -0.3 is 4.74 Å². The molecule has 1 N–H and O–H groups in total. The molecule has 0 aliphatic carbocycles. The zero-order chi connectivity index (χ0) is 18.9. The van der Waals surface area contributed by atoms with E-state index in [4.69, 9.17) is 4.74 Å². The van der Waals surface area contributed by atoms with E-state index in [-0.39, 0.29) is 24.5 Å². The maximum Gasteiger partial charge on any atom is 0.327 e. The van der Waals surface area contributed by atoms with Crippen LogP contribution in [-0.4, -0.2) is 53.4 Å². The van der Waals surface area contributed by atoms with Crippen LogP contribution in [0.25, 0.3) is 0 Å². The number of fused-ring (bicyclic) bond motifs is 1. The van der Waals surface area contributed by atoms with Crippen LogP contribution in [-0.2, 0) is 19.1 Å². The number of esters is 1. The molecule has 2 amide bonds. The summed E-state index contributed by atoms with van der Waals surface area (Å²) in [5, 5.41) is 5.33. The molecule has 142 valence electrons. The van der Waals surface area contributed by atoms with E-state index in [0.717, 1.165) is 4.88 Å². The SMILES string of the molecule is CCOC(=O)[C@]1(CCSC)N[C@H](c2cccs2)[C@@H]2C(=O)N(CC)C(=O)[C@@H]21. The molecule has 3 heterocycles. The minimum atomic E-state index is -1.16. The van der Waals surface area contributed by atoms with Gasteiger partial charge in [-0.2, -0.15) is 11.8 Å². The number of thioether (sulfide) groups is 1. The van der Waals surface area contributed by atoms with Gasteiger partial charge in [-0.05, 0) is 43.7 Å². The summed E-state index contributed by atoms with van der Waals surface area (Å²) in [5.41, 5.74) is -1.16. The van der Waals surface area contributed by atoms with Crippen molar-refractivity contribution in [1.29, 1.82) is 0 Å². The first-order chi connectivity index (χ1) is 12.5. The second kappa shape index (κ2) is 7.70. The summed E-state index contributed by atoms with van der Waals surface area (Å²) in [7, 11) is 0. The van der Waals surface area contributed by atoms with Crippen molar-refractivity contribution in [1.82, 2.24) is 10.2 Å². The number of imide groups is 1. The lowest BCUT2D eigenvalue weighted by atomic mass is 9.78. The number of rotatable bonds is 7. The Labute approximate surface area is 161 Å². The first-order valence-corrected chi connectivity index (χ1v) is 11.1. The highest BCUT2D eigenvalue weighted by Gasteiger charge is 2.68. The Balaban J connectivity index is 2.10. The minimum absolute atomic E-state index is 0.191. The molecule has 6 nitrogen and oxygen atoms in total. The third-order valence-electron chi connectivity index (χ3n) is 5.25. The van der Waals surface area contributed by atoms with Crippen molar-refractivity contribution in [2.75, 3.05) is 25.2 Å². The third kappa shape index (κ3) is 2.88. The van der Waals surface area contributed by atoms with Crippen molar-refractivity contribution < 1.29 is 19.1 Å². The van der Waals surface area contributed by atoms with E-state index in [1.165, 1.54) is 16.2 Å². The lowest BCUT2D eigenvalue weighted by Gasteiger charge is -2.32. The fourth-order valence-corrected chi connectivity index (χ4v) is 5.48. The Kier molecular flexibility index (Phi) is 5.74. The largest absolute Gasteiger partial charge is 0.465 e. The van der Waals surface area contributed by atoms with E-state index in [0.29, 0.717) is 18.7 Å². The second-order valence-electron chi connectivity index (χ2n) is 6.50. The molecule has 26 heavy (non-hydrogen) atoms. The van der Waals surface area contributed by atoms with Crippen LogP contribution < -0.4 is 5.32 Å². The van der Waals surface area contributed by atoms with Crippen LogP contribution in [0.1, 0.15) is 31.2 Å². The van der Waals surface area contributed by atoms with Crippen LogP contribution in [0.4, 0.5) is 0 Å². The van der Waals surface area contributed by atoms with E-state index >= 15 is 0 Å². The number of amides is 2. The van der Waals surface area contributed by atoms with Gasteiger partial charge in [-0.25, -0.2) is 0 Å². The first kappa shape index (κ1) is 19.4. The van der Waals surface area contributed by atoms with E-state index < -0.39 is 23.3 Å². The zero-order valence-corrected chi connectivity index (χ0v) is 16.8. The van der Waals surface area contributed by atoms with Crippen molar-refractivity contribution in [3.63, 3.8) is 0 Å². The van der Waals surface area contributed by atoms with Gasteiger partial charge in [0.15, 0.2) is 0 Å². The molecule has 0 aromatic carbocycles. The van der Waals surface area contributed by atoms with Gasteiger partial charge in [-0.3, -0.25) is 24.6 Å². The van der Waals surface area contributed by atoms with E-state index in [1.807, 2.05) is 23.8 Å². The van der Waals surface area contributed by atoms with Crippen LogP contribution in [0, 0.1) is 11.8 Å². The maximum atomic E-state index is 13.1. The monoisotopic (exact) mass is 396 g/mol. The number of carbonyl (C=O) groups is 3. The van der Waals surface area contributed by atoms with Gasteiger partial charge in [0, 0.05) is 11.4 Å². The van der Waals surface area contributed by atoms with Crippen LogP contribution in [0.2, 0.25) is 0 Å². The number of carbonyl (C=O) groups excluding carboxylic acids is 3. The van der Waals surface area contributed by atoms with Crippen molar-refractivity contribution >= 4 is 40.9 Å². The molecule has 0 unspecified atom stereocenters. The van der Waals surface area contributed by atoms with Gasteiger partial charge in [-0.1, -0.05) is 6.07 Å². The minimum Gasteiger partial charge on any atom is -0.465 e. The quantitative estimate of drug-likeness (QED) is 0.562. The lowest BCUT2D eigenvalue weighted by molar-refractivity contribution is -0.156. The molecular formula is C18H24N2O4S2. The molecule has 2 saturated heterocycles. The van der Waals surface area contributed by atoms with Crippen LogP contribution >= 0.6 is 23.1 Å². The molecule has 8 heteroatoms. The van der Waals surface area contributed by atoms with Crippen molar-refractivity contribution in [3.05, 3.63) is 22.4 Å². The van der Waals surface area contributed by atoms with Gasteiger partial charge in [0.1, 0.15) is 5.54 Å². The summed E-state index contributed by atoms with van der Waals surface area (Å²) in [6, 6.07) is 3.52. The van der Waals surface area contributed by atoms with E-state index in [9.17, 15) is 14.4 Å². The number of hydrogen-bond acceptors (Lipinski definition) is 7. The van der Waals surface area contributed by atoms with E-state index in [1.54, 1.807) is 25.6 Å². The molecular weight excluding hydrogens is 372 g/mol. The van der Waals surface area contributed by atoms with Gasteiger partial charge in [0.2, 0.25) is 11.8 Å². The van der Waals surface area contributed by atoms with Crippen LogP contribution in [0.3, 0.4) is 0 Å². The smallest absolute Gasteiger partial charge is 0.327 e. The summed E-state index contributed by atoms with van der Waals surface area (Å²) in [6.45, 7) is 4.10. The number of thiophene rings is 1. The Morgan fingerprint density at radius 2 is 2.15 bits per heavy atom. The normalized spacial score (nSPS) is 30.7. The summed E-state index contributed by atoms with van der Waals surface area (Å²) < 4.78 is 5.36. The molecule has 3 rings (SSSR count). The Morgan fingerprint density at radius 1 is 1.38 bits per heavy atom. The molecule has 1 aromatic rings. The van der Waals surface area contributed by atoms with Crippen molar-refractivity contribution in [3.8, 4) is 0 Å². The number of ether oxygens (including phenoxy) is 1. The average molecular weight is 397 g/mol. The van der Waals surface area contributed by atoms with Crippen molar-refractivity contribution in [2.24, 2.45) is 11.8 Å². The Hall–Kier alpha value is -1.38. The molecule has 2 fully saturated rings. The van der Waals surface area contributed by atoms with Gasteiger partial charge >= 0.3 is 5.97 Å². The Bertz CT molecular complexity index is 693. The number of nitrogens with zero attached hydrogens (tertiary/aromatic N) is 1. The molecule has 4 atom stereocenters. The van der Waals surface area contributed by atoms with Gasteiger partial charge in [0.25, 0.3) is 0 Å². The highest BCUT2D eigenvalue weighted by Crippen LogP contribution is 2.51. The van der Waals surface area contributed by atoms with E-state index in [2.05, 4.69) is 5.32 Å². The highest BCUT2D eigenvalue weighted by molar-refractivity contribution is 7.98. The highest BCUT2D eigenvalue weighted by atomic mass is 32.2. The number of likely N-dealkylation sites (tertiary alicyclic amines) is 1. The molecule has 1 aromatic heterocycles. The molecule has 0 radical (unpaired) electrons. The predicted octanol–water partition coefficient (Wildman–Crippen LogP) is 2.07. The predicted molar refractivity (Wildman–Crippen MR) is 102 cm³/mol. The Morgan fingerprint density at radius 3 is 2.73 bits per heavy atom. The molecule has 2 aliphatic rings. The van der Waals surface area contributed by atoms with Crippen molar-refractivity contribution in [2.45, 2.75) is 31.8 Å². The molecule has 2 aliphatic heterocycles. The van der Waals surface area contributed by atoms with Gasteiger partial charge in [0.05, 0.1) is 24.5 Å². The summed E-state index contributed by atoms with van der Waals surface area (Å²) in [4.78, 5) is 41.3. The summed E-state index contributed by atoms with van der Waals surface area (Å²) >= 11 is 3.14. The first-order valence-electron chi connectivity index (χ1n) is 8.84. The fourth-order valence-electron chi connectivity index (χ4n) is 4.13. The number of hydrogen-bond donors (Lipinski definition) is 1. The standard InChI is InChI=1S/C18H24N2O4S2/c1-4-20-15(21)12-13(16(20)22)18(8-10-25-3,17(23)24-5-2)19-14(12)11-7-6-9-26-11/h6-7,9,12-14,19H,4-5,8,10H2,1-3H3/t12-,13-,14-,18-/m1/s1. The third-order valence-corrected chi connectivity index (χ3v) is 6.82. The fraction of sp³-hybridized carbons (Fsp3) is 0.611. The van der Waals surface area contributed by atoms with Crippen LogP contribution in [0.5, 0.6) is 0 Å². The molecule has 0 saturated carbocycles. The second-order valence-corrected chi connectivity index (χ2v) is 8.46. The zero-order valence-electron chi connectivity index (χ0n) is 15.2. The molecule has 0 bridgehead atoms.